The number of aliphatic hydroxyl groups excluding tert-OH is 2. The number of phenolic OH excluding ortho intramolecular Hbond substituents is 2. The van der Waals surface area contributed by atoms with E-state index in [9.17, 15) is 34.8 Å². The number of benzene rings is 2. The van der Waals surface area contributed by atoms with Crippen molar-refractivity contribution in [2.45, 2.75) is 92.5 Å². The topological polar surface area (TPSA) is 198 Å². The van der Waals surface area contributed by atoms with Crippen LogP contribution in [0.3, 0.4) is 0 Å². The maximum absolute atomic E-state index is 14.6. The molecule has 2 aliphatic rings. The number of fused-ring (bicyclic) bond motifs is 2. The van der Waals surface area contributed by atoms with Crippen molar-refractivity contribution in [3.05, 3.63) is 71.2 Å². The number of esters is 1. The van der Waals surface area contributed by atoms with Gasteiger partial charge in [-0.2, -0.15) is 0 Å². The number of anilines is 1. The van der Waals surface area contributed by atoms with Crippen LogP contribution in [-0.4, -0.2) is 84.8 Å². The Hall–Kier alpha value is -5.44. The van der Waals surface area contributed by atoms with Crippen molar-refractivity contribution < 1.29 is 53.8 Å². The molecule has 4 bridgehead atoms. The van der Waals surface area contributed by atoms with E-state index in [1.807, 2.05) is 19.1 Å². The summed E-state index contributed by atoms with van der Waals surface area (Å²) >= 11 is 0. The maximum atomic E-state index is 14.6. The number of Topliss-reactive ketones (excluding diaryl/α,β-unsaturated/α-hetero) is 1. The Balaban J connectivity index is 1.58. The van der Waals surface area contributed by atoms with Gasteiger partial charge in [-0.15, -0.1) is 0 Å². The molecule has 0 saturated carbocycles. The van der Waals surface area contributed by atoms with Crippen LogP contribution in [0.25, 0.3) is 27.5 Å². The minimum Gasteiger partial charge on any atom is -0.507 e. The standard InChI is InChI=1S/C43H51N3O11/c1-19-14-16-46-28(18-19)44-32-29-30-37(50)25(7)40-31(29)41(52)43(9,57-40)55-17-15-27(54-10)22(4)39(56-26(8)47)24(6)36(49)23(5)35(48)20(2)12-11-13-21(3)42(53)45-33(34(32)46)38(30)51/h11-18,20,22-24,27,35-36,39,48-51H,1-10H3,(H,45,53)/b12-11+,17-15+,21-13?/t20-,22+,23+,24+,27-,35-,36+,39+,43-/m0/s1. The first-order valence-corrected chi connectivity index (χ1v) is 19.0. The molecule has 14 heteroatoms. The number of aromatic nitrogens is 2. The van der Waals surface area contributed by atoms with Crippen molar-refractivity contribution in [3.63, 3.8) is 0 Å². The Morgan fingerprint density at radius 3 is 2.35 bits per heavy atom. The molecule has 1 amide bonds. The van der Waals surface area contributed by atoms with Gasteiger partial charge in [0.2, 0.25) is 0 Å². The first-order chi connectivity index (χ1) is 26.8. The molecule has 4 heterocycles. The summed E-state index contributed by atoms with van der Waals surface area (Å²) < 4.78 is 25.5. The highest BCUT2D eigenvalue weighted by atomic mass is 16.7. The van der Waals surface area contributed by atoms with Gasteiger partial charge in [0.15, 0.2) is 5.75 Å². The van der Waals surface area contributed by atoms with Gasteiger partial charge in [0, 0.05) is 67.3 Å². The number of rotatable bonds is 2. The molecular weight excluding hydrogens is 734 g/mol. The van der Waals surface area contributed by atoms with Gasteiger partial charge in [0.05, 0.1) is 35.5 Å². The van der Waals surface area contributed by atoms with Crippen molar-refractivity contribution in [1.82, 2.24) is 9.38 Å². The van der Waals surface area contributed by atoms with Crippen LogP contribution in [0.4, 0.5) is 5.69 Å². The molecular formula is C43H51N3O11. The number of methoxy groups -OCH3 is 1. The number of aliphatic hydroxyl groups is 2. The van der Waals surface area contributed by atoms with Crippen LogP contribution < -0.4 is 10.1 Å². The highest BCUT2D eigenvalue weighted by molar-refractivity contribution is 6.28. The van der Waals surface area contributed by atoms with E-state index < -0.39 is 77.3 Å². The molecule has 57 heavy (non-hydrogen) atoms. The van der Waals surface area contributed by atoms with Crippen LogP contribution in [-0.2, 0) is 23.8 Å². The fourth-order valence-corrected chi connectivity index (χ4v) is 8.03. The lowest BCUT2D eigenvalue weighted by molar-refractivity contribution is -0.160. The van der Waals surface area contributed by atoms with Gasteiger partial charge in [0.25, 0.3) is 11.7 Å². The van der Waals surface area contributed by atoms with Crippen molar-refractivity contribution in [3.8, 4) is 17.2 Å². The molecule has 2 aromatic heterocycles. The maximum Gasteiger partial charge on any atom is 0.312 e. The number of aromatic hydroxyl groups is 2. The molecule has 2 aliphatic heterocycles. The van der Waals surface area contributed by atoms with Crippen LogP contribution in [0.1, 0.15) is 70.0 Å². The SMILES string of the molecule is CO[C@H]1/C=C/O[C@@]2(C)Oc3c(C)c(O)c4c(O)c(c5c(nc6cc(C)ccn65)c4c3C2=O)NC(=O)C(C)=C/C=C/[C@H](C)[C@H](O)[C@@H](C)[C@@H](O)[C@@H](C)[C@H](OC(C)=O)[C@@H]1C. The van der Waals surface area contributed by atoms with Crippen molar-refractivity contribution >= 4 is 50.8 Å². The van der Waals surface area contributed by atoms with Gasteiger partial charge in [-0.3, -0.25) is 18.8 Å². The average Bonchev–Trinajstić information content (AvgIpc) is 3.67. The zero-order valence-corrected chi connectivity index (χ0v) is 33.8. The third-order valence-electron chi connectivity index (χ3n) is 11.5. The summed E-state index contributed by atoms with van der Waals surface area (Å²) in [6.07, 6.45) is 5.62. The van der Waals surface area contributed by atoms with E-state index in [4.69, 9.17) is 23.9 Å². The number of hydrogen-bond donors (Lipinski definition) is 5. The van der Waals surface area contributed by atoms with Gasteiger partial charge in [0.1, 0.15) is 40.0 Å². The number of carbonyl (C=O) groups is 3. The van der Waals surface area contributed by atoms with Crippen molar-refractivity contribution in [1.29, 1.82) is 0 Å². The fourth-order valence-electron chi connectivity index (χ4n) is 8.03. The Kier molecular flexibility index (Phi) is 11.2. The number of nitrogens with zero attached hydrogens (tertiary/aromatic N) is 2. The Labute approximate surface area is 330 Å². The molecule has 0 fully saturated rings. The Morgan fingerprint density at radius 1 is 0.982 bits per heavy atom. The van der Waals surface area contributed by atoms with Crippen LogP contribution in [0.2, 0.25) is 0 Å². The number of pyridine rings is 1. The molecule has 0 saturated heterocycles. The summed E-state index contributed by atoms with van der Waals surface area (Å²) in [5.74, 6) is -6.96. The molecule has 9 atom stereocenters. The minimum atomic E-state index is -1.96. The lowest BCUT2D eigenvalue weighted by Crippen LogP contribution is -2.46. The zero-order chi connectivity index (χ0) is 41.8. The molecule has 0 radical (unpaired) electrons. The minimum absolute atomic E-state index is 0.0185. The molecule has 4 aromatic rings. The molecule has 14 nitrogen and oxygen atoms in total. The van der Waals surface area contributed by atoms with Gasteiger partial charge in [-0.25, -0.2) is 4.98 Å². The van der Waals surface area contributed by atoms with Gasteiger partial charge >= 0.3 is 11.8 Å². The number of ether oxygens (including phenoxy) is 4. The molecule has 6 rings (SSSR count). The quantitative estimate of drug-likeness (QED) is 0.115. The second-order valence-corrected chi connectivity index (χ2v) is 15.6. The highest BCUT2D eigenvalue weighted by Crippen LogP contribution is 2.54. The Morgan fingerprint density at radius 2 is 1.68 bits per heavy atom. The summed E-state index contributed by atoms with van der Waals surface area (Å²) in [6, 6.07) is 3.64. The molecule has 304 valence electrons. The lowest BCUT2D eigenvalue weighted by Gasteiger charge is -2.38. The summed E-state index contributed by atoms with van der Waals surface area (Å²) in [6.45, 7) is 14.7. The van der Waals surface area contributed by atoms with Crippen LogP contribution in [0.15, 0.2) is 54.5 Å². The van der Waals surface area contributed by atoms with Crippen molar-refractivity contribution in [2.24, 2.45) is 23.7 Å². The largest absolute Gasteiger partial charge is 0.507 e. The van der Waals surface area contributed by atoms with E-state index in [0.29, 0.717) is 5.65 Å². The van der Waals surface area contributed by atoms with Crippen LogP contribution in [0.5, 0.6) is 17.2 Å². The first-order valence-electron chi connectivity index (χ1n) is 19.0. The number of allylic oxidation sites excluding steroid dienone is 2. The Bertz CT molecular complexity index is 2380. The van der Waals surface area contributed by atoms with Gasteiger partial charge in [-0.05, 0) is 44.5 Å². The van der Waals surface area contributed by atoms with E-state index in [1.165, 1.54) is 40.2 Å². The highest BCUT2D eigenvalue weighted by Gasteiger charge is 2.50. The van der Waals surface area contributed by atoms with Gasteiger partial charge < -0.3 is 44.7 Å². The second-order valence-electron chi connectivity index (χ2n) is 15.6. The van der Waals surface area contributed by atoms with Gasteiger partial charge in [-0.1, -0.05) is 45.9 Å². The number of ketones is 1. The number of phenols is 2. The number of imidazole rings is 1. The summed E-state index contributed by atoms with van der Waals surface area (Å²) in [5.41, 5.74) is 2.18. The van der Waals surface area contributed by atoms with Crippen LogP contribution >= 0.6 is 0 Å². The lowest BCUT2D eigenvalue weighted by atomic mass is 9.78. The monoisotopic (exact) mass is 785 g/mol. The van der Waals surface area contributed by atoms with E-state index >= 15 is 0 Å². The second kappa shape index (κ2) is 15.5. The number of aryl methyl sites for hydroxylation is 1. The number of carbonyl (C=O) groups excluding carboxylic acids is 3. The van der Waals surface area contributed by atoms with E-state index in [1.54, 1.807) is 63.4 Å². The number of amides is 1. The van der Waals surface area contributed by atoms with E-state index in [-0.39, 0.29) is 55.7 Å². The molecule has 2 aromatic carbocycles. The molecule has 0 spiro atoms. The number of nitrogens with one attached hydrogen (secondary N) is 1. The normalized spacial score (nSPS) is 29.9. The third kappa shape index (κ3) is 7.10. The first kappa shape index (κ1) is 41.2. The van der Waals surface area contributed by atoms with E-state index in [0.717, 1.165) is 5.56 Å². The average molecular weight is 786 g/mol. The van der Waals surface area contributed by atoms with Crippen LogP contribution in [0, 0.1) is 37.5 Å². The molecule has 0 aliphatic carbocycles. The number of hydrogen-bond acceptors (Lipinski definition) is 12. The summed E-state index contributed by atoms with van der Waals surface area (Å²) in [7, 11) is 1.46. The molecule has 5 N–H and O–H groups in total. The summed E-state index contributed by atoms with van der Waals surface area (Å²) in [5, 5.41) is 49.4. The fraction of sp³-hybridized carbons (Fsp3) is 0.442. The summed E-state index contributed by atoms with van der Waals surface area (Å²) in [4.78, 5) is 45.6. The zero-order valence-electron chi connectivity index (χ0n) is 33.8. The van der Waals surface area contributed by atoms with E-state index in [2.05, 4.69) is 5.32 Å². The predicted molar refractivity (Wildman–Crippen MR) is 213 cm³/mol. The smallest absolute Gasteiger partial charge is 0.312 e. The van der Waals surface area contributed by atoms with Crippen molar-refractivity contribution in [2.75, 3.05) is 12.4 Å². The predicted octanol–water partition coefficient (Wildman–Crippen LogP) is 6.16. The third-order valence-corrected chi connectivity index (χ3v) is 11.5. The molecule has 0 unspecified atom stereocenters.